The number of rotatable bonds is 8. The van der Waals surface area contributed by atoms with Gasteiger partial charge >= 0.3 is 5.51 Å². The summed E-state index contributed by atoms with van der Waals surface area (Å²) in [6.45, 7) is 2.38. The van der Waals surface area contributed by atoms with Crippen molar-refractivity contribution in [1.82, 2.24) is 10.4 Å². The van der Waals surface area contributed by atoms with E-state index in [1.54, 1.807) is 18.2 Å². The van der Waals surface area contributed by atoms with Crippen LogP contribution in [0.2, 0.25) is 0 Å². The Morgan fingerprint density at radius 2 is 1.83 bits per heavy atom. The topological polar surface area (TPSA) is 75.7 Å². The molecule has 0 aromatic heterocycles. The van der Waals surface area contributed by atoms with Crippen LogP contribution >= 0.6 is 23.8 Å². The van der Waals surface area contributed by atoms with E-state index in [1.165, 1.54) is 23.9 Å². The highest BCUT2D eigenvalue weighted by Crippen LogP contribution is 2.38. The summed E-state index contributed by atoms with van der Waals surface area (Å²) >= 11 is 0.524. The number of alkyl halides is 3. The molecular formula is C19H17F3N2O4S2. The van der Waals surface area contributed by atoms with E-state index in [-0.39, 0.29) is 22.1 Å². The quantitative estimate of drug-likeness (QED) is 0.271. The van der Waals surface area contributed by atoms with Crippen molar-refractivity contribution in [3.63, 3.8) is 0 Å². The van der Waals surface area contributed by atoms with Gasteiger partial charge in [-0.2, -0.15) is 17.5 Å². The van der Waals surface area contributed by atoms with Crippen LogP contribution in [-0.2, 0) is 9.08 Å². The third kappa shape index (κ3) is 4.90. The Kier molecular flexibility index (Phi) is 6.94. The Hall–Kier alpha value is -2.24. The third-order valence-corrected chi connectivity index (χ3v) is 5.68. The first kappa shape index (κ1) is 22.4. The number of amides is 3. The van der Waals surface area contributed by atoms with Gasteiger partial charge in [-0.3, -0.25) is 14.4 Å². The SMILES string of the molecule is CCCC(=O)NCCSc1ccc2c3c(cccc13)C(=O)N(OSC(F)(F)F)C2=O. The predicted molar refractivity (Wildman–Crippen MR) is 108 cm³/mol. The number of hydrogen-bond donors (Lipinski definition) is 1. The van der Waals surface area contributed by atoms with Gasteiger partial charge in [-0.15, -0.1) is 16.8 Å². The molecule has 1 aliphatic rings. The molecule has 6 nitrogen and oxygen atoms in total. The first-order chi connectivity index (χ1) is 14.2. The molecule has 30 heavy (non-hydrogen) atoms. The molecule has 3 amide bonds. The molecule has 2 aromatic carbocycles. The monoisotopic (exact) mass is 458 g/mol. The first-order valence-electron chi connectivity index (χ1n) is 8.99. The minimum absolute atomic E-state index is 0.0250. The predicted octanol–water partition coefficient (Wildman–Crippen LogP) is 4.54. The van der Waals surface area contributed by atoms with Crippen LogP contribution < -0.4 is 5.32 Å². The molecule has 0 radical (unpaired) electrons. The minimum atomic E-state index is -4.76. The lowest BCUT2D eigenvalue weighted by Gasteiger charge is -2.25. The lowest BCUT2D eigenvalue weighted by atomic mass is 9.95. The van der Waals surface area contributed by atoms with Crippen molar-refractivity contribution in [3.05, 3.63) is 41.5 Å². The molecule has 160 valence electrons. The number of carbonyl (C=O) groups excluding carboxylic acids is 3. The van der Waals surface area contributed by atoms with Crippen LogP contribution in [0, 0.1) is 0 Å². The average molecular weight is 458 g/mol. The molecule has 0 atom stereocenters. The van der Waals surface area contributed by atoms with E-state index >= 15 is 0 Å². The minimum Gasteiger partial charge on any atom is -0.355 e. The summed E-state index contributed by atoms with van der Waals surface area (Å²) in [6.07, 6.45) is 1.22. The highest BCUT2D eigenvalue weighted by molar-refractivity contribution is 7.99. The second-order valence-corrected chi connectivity index (χ2v) is 8.21. The van der Waals surface area contributed by atoms with Gasteiger partial charge < -0.3 is 5.32 Å². The zero-order valence-electron chi connectivity index (χ0n) is 15.7. The number of carbonyl (C=O) groups is 3. The molecular weight excluding hydrogens is 441 g/mol. The Morgan fingerprint density at radius 3 is 2.50 bits per heavy atom. The number of hydrogen-bond acceptors (Lipinski definition) is 6. The fourth-order valence-electron chi connectivity index (χ4n) is 2.99. The van der Waals surface area contributed by atoms with Crippen LogP contribution in [0.25, 0.3) is 10.8 Å². The maximum Gasteiger partial charge on any atom is 0.470 e. The van der Waals surface area contributed by atoms with E-state index in [2.05, 4.69) is 9.60 Å². The summed E-state index contributed by atoms with van der Waals surface area (Å²) in [5, 5.41) is 3.96. The largest absolute Gasteiger partial charge is 0.470 e. The Bertz CT molecular complexity index is 975. The summed E-state index contributed by atoms with van der Waals surface area (Å²) < 4.78 is 41.7. The fourth-order valence-corrected chi connectivity index (χ4v) is 4.20. The zero-order chi connectivity index (χ0) is 21.9. The zero-order valence-corrected chi connectivity index (χ0v) is 17.4. The van der Waals surface area contributed by atoms with Crippen LogP contribution in [0.5, 0.6) is 0 Å². The van der Waals surface area contributed by atoms with E-state index in [1.807, 2.05) is 6.92 Å². The van der Waals surface area contributed by atoms with Crippen molar-refractivity contribution < 1.29 is 31.8 Å². The van der Waals surface area contributed by atoms with Gasteiger partial charge in [0.2, 0.25) is 5.91 Å². The van der Waals surface area contributed by atoms with Gasteiger partial charge in [0.15, 0.2) is 0 Å². The molecule has 0 saturated heterocycles. The molecule has 0 aliphatic carbocycles. The van der Waals surface area contributed by atoms with Crippen molar-refractivity contribution >= 4 is 52.3 Å². The van der Waals surface area contributed by atoms with E-state index in [0.717, 1.165) is 11.3 Å². The Balaban J connectivity index is 1.82. The maximum atomic E-state index is 12.6. The van der Waals surface area contributed by atoms with Gasteiger partial charge in [-0.1, -0.05) is 19.1 Å². The summed E-state index contributed by atoms with van der Waals surface area (Å²) in [5.74, 6) is -1.36. The van der Waals surface area contributed by atoms with E-state index in [9.17, 15) is 27.6 Å². The van der Waals surface area contributed by atoms with E-state index in [4.69, 9.17) is 0 Å². The number of thioether (sulfide) groups is 1. The molecule has 11 heteroatoms. The molecule has 1 N–H and O–H groups in total. The highest BCUT2D eigenvalue weighted by atomic mass is 32.2. The number of halogens is 3. The smallest absolute Gasteiger partial charge is 0.355 e. The molecule has 0 spiro atoms. The van der Waals surface area contributed by atoms with Gasteiger partial charge in [-0.25, -0.2) is 0 Å². The summed E-state index contributed by atoms with van der Waals surface area (Å²) in [5.41, 5.74) is -4.59. The molecule has 0 bridgehead atoms. The van der Waals surface area contributed by atoms with Gasteiger partial charge in [0.05, 0.1) is 11.1 Å². The second-order valence-electron chi connectivity index (χ2n) is 6.30. The fraction of sp³-hybridized carbons (Fsp3) is 0.316. The van der Waals surface area contributed by atoms with Crippen LogP contribution in [0.3, 0.4) is 0 Å². The maximum absolute atomic E-state index is 12.6. The Labute approximate surface area is 178 Å². The number of imide groups is 1. The van der Waals surface area contributed by atoms with Crippen LogP contribution in [-0.4, -0.2) is 40.6 Å². The van der Waals surface area contributed by atoms with Crippen LogP contribution in [0.1, 0.15) is 40.5 Å². The van der Waals surface area contributed by atoms with E-state index in [0.29, 0.717) is 29.5 Å². The molecule has 1 heterocycles. The summed E-state index contributed by atoms with van der Waals surface area (Å²) in [4.78, 5) is 37.5. The van der Waals surface area contributed by atoms with Crippen molar-refractivity contribution in [2.45, 2.75) is 30.2 Å². The third-order valence-electron chi connectivity index (χ3n) is 4.20. The number of nitrogens with one attached hydrogen (secondary N) is 1. The second kappa shape index (κ2) is 9.27. The number of nitrogens with zero attached hydrogens (tertiary/aromatic N) is 1. The average Bonchev–Trinajstić information content (AvgIpc) is 2.69. The van der Waals surface area contributed by atoms with Crippen molar-refractivity contribution in [1.29, 1.82) is 0 Å². The Morgan fingerprint density at radius 1 is 1.13 bits per heavy atom. The lowest BCUT2D eigenvalue weighted by Crippen LogP contribution is -2.39. The molecule has 0 saturated carbocycles. The summed E-state index contributed by atoms with van der Waals surface area (Å²) in [7, 11) is 0. The normalized spacial score (nSPS) is 13.8. The van der Waals surface area contributed by atoms with Crippen molar-refractivity contribution in [2.24, 2.45) is 0 Å². The molecule has 0 unspecified atom stereocenters. The van der Waals surface area contributed by atoms with Crippen molar-refractivity contribution in [2.75, 3.05) is 12.3 Å². The number of hydroxylamine groups is 2. The lowest BCUT2D eigenvalue weighted by molar-refractivity contribution is -0.121. The van der Waals surface area contributed by atoms with Crippen molar-refractivity contribution in [3.8, 4) is 0 Å². The van der Waals surface area contributed by atoms with Gasteiger partial charge in [-0.05, 0) is 30.0 Å². The standard InChI is InChI=1S/C19H17F3N2O4S2/c1-2-4-15(25)23-9-10-29-14-8-7-13-16-11(14)5-3-6-12(16)17(26)24(18(13)27)28-30-19(20,21)22/h3,5-8H,2,4,9-10H2,1H3,(H,23,25). The van der Waals surface area contributed by atoms with Gasteiger partial charge in [0.25, 0.3) is 11.8 Å². The van der Waals surface area contributed by atoms with E-state index < -0.39 is 29.4 Å². The number of benzene rings is 2. The molecule has 1 aliphatic heterocycles. The van der Waals surface area contributed by atoms with Gasteiger partial charge in [0, 0.05) is 29.0 Å². The molecule has 2 aromatic rings. The molecule has 3 rings (SSSR count). The molecule has 0 fully saturated rings. The first-order valence-corrected chi connectivity index (χ1v) is 10.7. The van der Waals surface area contributed by atoms with Crippen LogP contribution in [0.4, 0.5) is 13.2 Å². The van der Waals surface area contributed by atoms with Crippen LogP contribution in [0.15, 0.2) is 35.2 Å². The highest BCUT2D eigenvalue weighted by Gasteiger charge is 2.39. The van der Waals surface area contributed by atoms with Gasteiger partial charge in [0.1, 0.15) is 12.0 Å². The summed E-state index contributed by atoms with van der Waals surface area (Å²) in [6, 6.07) is 7.91.